The molecule has 2 heterocycles. The van der Waals surface area contributed by atoms with Crippen LogP contribution in [0.4, 0.5) is 10.3 Å². The monoisotopic (exact) mass is 384 g/mol. The molecular weight excluding hydrogens is 363 g/mol. The topological polar surface area (TPSA) is 91.2 Å². The molecule has 1 aromatic carbocycles. The van der Waals surface area contributed by atoms with Crippen molar-refractivity contribution in [2.45, 2.75) is 39.3 Å². The number of aryl methyl sites for hydroxylation is 2. The van der Waals surface area contributed by atoms with Gasteiger partial charge < -0.3 is 4.42 Å². The number of rotatable bonds is 6. The summed E-state index contributed by atoms with van der Waals surface area (Å²) in [5, 5.41) is 10.0. The number of benzene rings is 1. The summed E-state index contributed by atoms with van der Waals surface area (Å²) in [6, 6.07) is 6.62. The fraction of sp³-hybridized carbons (Fsp3) is 0.350. The Bertz CT molecular complexity index is 1080. The van der Waals surface area contributed by atoms with Crippen LogP contribution in [0.15, 0.2) is 33.5 Å². The molecule has 0 bridgehead atoms. The lowest BCUT2D eigenvalue weighted by molar-refractivity contribution is -0.117. The third kappa shape index (κ3) is 3.68. The van der Waals surface area contributed by atoms with Gasteiger partial charge in [-0.25, -0.2) is 9.49 Å². The molecule has 7 nitrogen and oxygen atoms in total. The number of hydrogen-bond acceptors (Lipinski definition) is 5. The molecule has 28 heavy (non-hydrogen) atoms. The number of nitrogens with zero attached hydrogens (tertiary/aromatic N) is 2. The van der Waals surface area contributed by atoms with Gasteiger partial charge in [-0.1, -0.05) is 12.1 Å². The zero-order valence-corrected chi connectivity index (χ0v) is 15.7. The van der Waals surface area contributed by atoms with Crippen molar-refractivity contribution in [1.29, 1.82) is 0 Å². The Morgan fingerprint density at radius 3 is 2.68 bits per heavy atom. The first-order valence-corrected chi connectivity index (χ1v) is 9.19. The zero-order valence-electron chi connectivity index (χ0n) is 15.7. The Morgan fingerprint density at radius 2 is 2.00 bits per heavy atom. The molecule has 0 saturated heterocycles. The molecule has 146 valence electrons. The highest BCUT2D eigenvalue weighted by Crippen LogP contribution is 2.30. The Kier molecular flexibility index (Phi) is 4.72. The van der Waals surface area contributed by atoms with E-state index in [-0.39, 0.29) is 24.2 Å². The number of nitrogens with one attached hydrogen (secondary N) is 2. The highest BCUT2D eigenvalue weighted by Gasteiger charge is 2.30. The van der Waals surface area contributed by atoms with Gasteiger partial charge in [0.2, 0.25) is 11.8 Å². The molecule has 4 rings (SSSR count). The average Bonchev–Trinajstić information content (AvgIpc) is 3.44. The van der Waals surface area contributed by atoms with E-state index in [1.165, 1.54) is 12.1 Å². The van der Waals surface area contributed by atoms with Crippen molar-refractivity contribution in [2.24, 2.45) is 0 Å². The second-order valence-electron chi connectivity index (χ2n) is 7.19. The predicted molar refractivity (Wildman–Crippen MR) is 103 cm³/mol. The van der Waals surface area contributed by atoms with Gasteiger partial charge in [0.05, 0.1) is 17.6 Å². The number of carbonyl (C=O) groups excluding carboxylic acids is 1. The molecule has 2 aromatic heterocycles. The summed E-state index contributed by atoms with van der Waals surface area (Å²) in [6.45, 7) is 4.21. The highest BCUT2D eigenvalue weighted by molar-refractivity contribution is 6.01. The van der Waals surface area contributed by atoms with Gasteiger partial charge in [-0.15, -0.1) is 0 Å². The van der Waals surface area contributed by atoms with Crippen LogP contribution in [0, 0.1) is 19.7 Å². The Morgan fingerprint density at radius 1 is 1.29 bits per heavy atom. The van der Waals surface area contributed by atoms with E-state index in [1.807, 2.05) is 0 Å². The van der Waals surface area contributed by atoms with Crippen molar-refractivity contribution in [2.75, 3.05) is 11.9 Å². The average molecular weight is 384 g/mol. The number of aromatic amines is 1. The normalized spacial score (nSPS) is 14.0. The molecule has 8 heteroatoms. The van der Waals surface area contributed by atoms with Gasteiger partial charge in [-0.05, 0) is 44.4 Å². The van der Waals surface area contributed by atoms with Crippen molar-refractivity contribution in [3.63, 3.8) is 0 Å². The van der Waals surface area contributed by atoms with Crippen molar-refractivity contribution in [3.8, 4) is 0 Å². The molecule has 0 radical (unpaired) electrons. The van der Waals surface area contributed by atoms with Gasteiger partial charge in [-0.3, -0.25) is 19.8 Å². The minimum Gasteiger partial charge on any atom is -0.444 e. The van der Waals surface area contributed by atoms with Crippen molar-refractivity contribution in [3.05, 3.63) is 57.5 Å². The first-order chi connectivity index (χ1) is 13.4. The van der Waals surface area contributed by atoms with Crippen molar-refractivity contribution in [1.82, 2.24) is 15.1 Å². The highest BCUT2D eigenvalue weighted by atomic mass is 19.1. The quantitative estimate of drug-likeness (QED) is 0.682. The van der Waals surface area contributed by atoms with E-state index in [0.29, 0.717) is 34.8 Å². The van der Waals surface area contributed by atoms with Gasteiger partial charge in [0.1, 0.15) is 17.0 Å². The van der Waals surface area contributed by atoms with Gasteiger partial charge in [0.25, 0.3) is 5.56 Å². The van der Waals surface area contributed by atoms with E-state index in [9.17, 15) is 14.0 Å². The molecule has 1 aliphatic carbocycles. The van der Waals surface area contributed by atoms with Crippen molar-refractivity contribution >= 4 is 22.6 Å². The van der Waals surface area contributed by atoms with E-state index >= 15 is 0 Å². The van der Waals surface area contributed by atoms with E-state index in [1.54, 1.807) is 26.0 Å². The maximum Gasteiger partial charge on any atom is 0.277 e. The number of aromatic nitrogens is 2. The molecule has 2 N–H and O–H groups in total. The largest absolute Gasteiger partial charge is 0.444 e. The Labute approximate surface area is 160 Å². The fourth-order valence-corrected chi connectivity index (χ4v) is 3.46. The van der Waals surface area contributed by atoms with Gasteiger partial charge in [-0.2, -0.15) is 5.10 Å². The van der Waals surface area contributed by atoms with Crippen LogP contribution in [0.1, 0.15) is 29.9 Å². The molecule has 1 fully saturated rings. The second kappa shape index (κ2) is 7.20. The molecule has 0 atom stereocenters. The second-order valence-corrected chi connectivity index (χ2v) is 7.19. The number of halogens is 1. The number of H-pyrrole nitrogens is 1. The number of fused-ring (bicyclic) bond motifs is 1. The lowest BCUT2D eigenvalue weighted by atomic mass is 10.2. The summed E-state index contributed by atoms with van der Waals surface area (Å²) in [7, 11) is 0. The van der Waals surface area contributed by atoms with Crippen LogP contribution in [-0.4, -0.2) is 33.6 Å². The van der Waals surface area contributed by atoms with E-state index in [4.69, 9.17) is 4.42 Å². The predicted octanol–water partition coefficient (Wildman–Crippen LogP) is 2.88. The molecule has 0 aliphatic heterocycles. The summed E-state index contributed by atoms with van der Waals surface area (Å²) in [4.78, 5) is 26.9. The third-order valence-corrected chi connectivity index (χ3v) is 4.96. The number of amides is 1. The third-order valence-electron chi connectivity index (χ3n) is 4.96. The number of anilines is 1. The molecule has 3 aromatic rings. The minimum atomic E-state index is -0.405. The summed E-state index contributed by atoms with van der Waals surface area (Å²) in [6.07, 6.45) is 2.06. The minimum absolute atomic E-state index is 0.141. The first kappa shape index (κ1) is 18.4. The molecule has 0 spiro atoms. The van der Waals surface area contributed by atoms with Crippen LogP contribution in [-0.2, 0) is 11.3 Å². The van der Waals surface area contributed by atoms with Crippen LogP contribution in [0.3, 0.4) is 0 Å². The zero-order chi connectivity index (χ0) is 19.8. The number of hydrogen-bond donors (Lipinski definition) is 2. The lowest BCUT2D eigenvalue weighted by Crippen LogP contribution is -2.34. The molecule has 1 aliphatic rings. The Balaban J connectivity index is 1.52. The SMILES string of the molecule is Cc1n[nH]c(=O)c2c(NC(=O)CN(Cc3ccc(F)cc3)C3CC3)oc(C)c12. The molecule has 1 saturated carbocycles. The van der Waals surface area contributed by atoms with Crippen molar-refractivity contribution < 1.29 is 13.6 Å². The smallest absolute Gasteiger partial charge is 0.277 e. The van der Waals surface area contributed by atoms with Crippen LogP contribution < -0.4 is 10.9 Å². The van der Waals surface area contributed by atoms with E-state index < -0.39 is 5.56 Å². The van der Waals surface area contributed by atoms with Gasteiger partial charge in [0.15, 0.2) is 0 Å². The summed E-state index contributed by atoms with van der Waals surface area (Å²) in [5.41, 5.74) is 1.17. The maximum atomic E-state index is 13.1. The summed E-state index contributed by atoms with van der Waals surface area (Å²) in [5.74, 6) is 0.126. The number of furan rings is 1. The van der Waals surface area contributed by atoms with Crippen LogP contribution in [0.2, 0.25) is 0 Å². The maximum absolute atomic E-state index is 13.1. The number of carbonyl (C=O) groups is 1. The molecule has 0 unspecified atom stereocenters. The van der Waals surface area contributed by atoms with E-state index in [0.717, 1.165) is 18.4 Å². The summed E-state index contributed by atoms with van der Waals surface area (Å²) >= 11 is 0. The van der Waals surface area contributed by atoms with Gasteiger partial charge in [0, 0.05) is 12.6 Å². The van der Waals surface area contributed by atoms with Crippen LogP contribution in [0.25, 0.3) is 10.8 Å². The van der Waals surface area contributed by atoms with Crippen LogP contribution >= 0.6 is 0 Å². The molecular formula is C20H21FN4O3. The summed E-state index contributed by atoms with van der Waals surface area (Å²) < 4.78 is 18.8. The fourth-order valence-electron chi connectivity index (χ4n) is 3.46. The van der Waals surface area contributed by atoms with Gasteiger partial charge >= 0.3 is 0 Å². The van der Waals surface area contributed by atoms with E-state index in [2.05, 4.69) is 20.4 Å². The first-order valence-electron chi connectivity index (χ1n) is 9.19. The van der Waals surface area contributed by atoms with Crippen LogP contribution in [0.5, 0.6) is 0 Å². The lowest BCUT2D eigenvalue weighted by Gasteiger charge is -2.21. The standard InChI is InChI=1S/C20H21FN4O3/c1-11-17-12(2)28-20(18(17)19(27)24-23-11)22-16(26)10-25(15-7-8-15)9-13-3-5-14(21)6-4-13/h3-6,15H,7-10H2,1-2H3,(H,22,26)(H,24,27). The molecule has 1 amide bonds. The Hall–Kier alpha value is -3.00.